The lowest BCUT2D eigenvalue weighted by atomic mass is 9.85. The Morgan fingerprint density at radius 2 is 2.20 bits per heavy atom. The Morgan fingerprint density at radius 3 is 2.92 bits per heavy atom. The number of nitrogens with zero attached hydrogens (tertiary/aromatic N) is 4. The summed E-state index contributed by atoms with van der Waals surface area (Å²) in [7, 11) is 1.98. The Bertz CT molecular complexity index is 738. The number of nitrogens with one attached hydrogen (secondary N) is 1. The van der Waals surface area contributed by atoms with Gasteiger partial charge in [-0.3, -0.25) is 14.7 Å². The minimum atomic E-state index is -0.167. The van der Waals surface area contributed by atoms with E-state index >= 15 is 0 Å². The first-order valence-electron chi connectivity index (χ1n) is 9.11. The number of fused-ring (bicyclic) bond motifs is 1. The zero-order valence-corrected chi connectivity index (χ0v) is 14.7. The van der Waals surface area contributed by atoms with E-state index in [1.54, 1.807) is 0 Å². The quantitative estimate of drug-likeness (QED) is 0.903. The first kappa shape index (κ1) is 16.3. The molecule has 0 radical (unpaired) electrons. The van der Waals surface area contributed by atoms with E-state index in [4.69, 9.17) is 0 Å². The second-order valence-corrected chi connectivity index (χ2v) is 7.27. The third kappa shape index (κ3) is 3.44. The van der Waals surface area contributed by atoms with Crippen LogP contribution >= 0.6 is 0 Å². The molecule has 1 fully saturated rings. The average molecular weight is 339 g/mol. The largest absolute Gasteiger partial charge is 0.355 e. The van der Waals surface area contributed by atoms with E-state index < -0.39 is 0 Å². The molecule has 1 aliphatic carbocycles. The van der Waals surface area contributed by atoms with Gasteiger partial charge in [0, 0.05) is 39.4 Å². The Hall–Kier alpha value is -2.21. The van der Waals surface area contributed by atoms with Crippen molar-refractivity contribution in [2.75, 3.05) is 13.1 Å². The summed E-state index contributed by atoms with van der Waals surface area (Å²) in [5.41, 5.74) is 3.09. The number of pyridine rings is 1. The van der Waals surface area contributed by atoms with Gasteiger partial charge in [0.2, 0.25) is 5.91 Å². The Balaban J connectivity index is 1.49. The standard InChI is InChI=1S/C19H25N5O/c1-23-13-22-17-12-24(10-15-7-2-3-8-20-15)11-16(18(17)23)19(25)21-9-14-5-4-6-14/h2-3,7-8,13-14,16H,4-6,9-12H2,1H3,(H,21,25)/t16-/m1/s1. The minimum absolute atomic E-state index is 0.127. The third-order valence-corrected chi connectivity index (χ3v) is 5.42. The fraction of sp³-hybridized carbons (Fsp3) is 0.526. The van der Waals surface area contributed by atoms with Crippen molar-refractivity contribution in [1.29, 1.82) is 0 Å². The molecule has 0 spiro atoms. The van der Waals surface area contributed by atoms with Gasteiger partial charge < -0.3 is 9.88 Å². The van der Waals surface area contributed by atoms with Gasteiger partial charge in [0.15, 0.2) is 0 Å². The summed E-state index contributed by atoms with van der Waals surface area (Å²) in [6, 6.07) is 5.95. The van der Waals surface area contributed by atoms with Gasteiger partial charge in [-0.05, 0) is 30.9 Å². The number of hydrogen-bond acceptors (Lipinski definition) is 4. The molecule has 4 rings (SSSR count). The Labute approximate surface area is 148 Å². The number of amides is 1. The van der Waals surface area contributed by atoms with Crippen molar-refractivity contribution in [2.24, 2.45) is 13.0 Å². The SMILES string of the molecule is Cn1cnc2c1[C@H](C(=O)NCC1CCC1)CN(Cc1ccccn1)C2. The van der Waals surface area contributed by atoms with Gasteiger partial charge in [-0.15, -0.1) is 0 Å². The lowest BCUT2D eigenvalue weighted by molar-refractivity contribution is -0.123. The van der Waals surface area contributed by atoms with E-state index in [-0.39, 0.29) is 11.8 Å². The number of imidazole rings is 1. The highest BCUT2D eigenvalue weighted by atomic mass is 16.1. The normalized spacial score (nSPS) is 20.8. The topological polar surface area (TPSA) is 63.1 Å². The zero-order valence-electron chi connectivity index (χ0n) is 14.7. The van der Waals surface area contributed by atoms with Crippen molar-refractivity contribution in [3.8, 4) is 0 Å². The van der Waals surface area contributed by atoms with E-state index in [1.807, 2.05) is 42.3 Å². The zero-order chi connectivity index (χ0) is 17.2. The second kappa shape index (κ2) is 6.96. The summed E-state index contributed by atoms with van der Waals surface area (Å²) in [6.07, 6.45) is 7.42. The molecule has 3 heterocycles. The van der Waals surface area contributed by atoms with Crippen molar-refractivity contribution in [1.82, 2.24) is 24.8 Å². The number of carbonyl (C=O) groups is 1. The van der Waals surface area contributed by atoms with Crippen LogP contribution < -0.4 is 5.32 Å². The lowest BCUT2D eigenvalue weighted by Gasteiger charge is -2.33. The van der Waals surface area contributed by atoms with E-state index in [2.05, 4.69) is 20.2 Å². The maximum absolute atomic E-state index is 12.9. The van der Waals surface area contributed by atoms with Crippen molar-refractivity contribution in [3.63, 3.8) is 0 Å². The van der Waals surface area contributed by atoms with E-state index in [1.165, 1.54) is 19.3 Å². The maximum Gasteiger partial charge on any atom is 0.230 e. The molecule has 2 aliphatic rings. The van der Waals surface area contributed by atoms with Gasteiger partial charge in [0.05, 0.1) is 29.3 Å². The van der Waals surface area contributed by atoms with Crippen LogP contribution in [0.2, 0.25) is 0 Å². The molecule has 6 heteroatoms. The molecule has 1 saturated carbocycles. The first-order chi connectivity index (χ1) is 12.2. The average Bonchev–Trinajstić information content (AvgIpc) is 2.95. The molecule has 2 aromatic rings. The molecule has 0 unspecified atom stereocenters. The third-order valence-electron chi connectivity index (χ3n) is 5.42. The van der Waals surface area contributed by atoms with Crippen LogP contribution in [-0.2, 0) is 24.9 Å². The van der Waals surface area contributed by atoms with Crippen LogP contribution in [-0.4, -0.2) is 38.4 Å². The summed E-state index contributed by atoms with van der Waals surface area (Å²) in [5.74, 6) is 0.630. The molecule has 132 valence electrons. The van der Waals surface area contributed by atoms with Crippen molar-refractivity contribution in [3.05, 3.63) is 47.8 Å². The molecule has 1 atom stereocenters. The van der Waals surface area contributed by atoms with Gasteiger partial charge in [-0.25, -0.2) is 4.98 Å². The molecule has 1 aliphatic heterocycles. The number of hydrogen-bond donors (Lipinski definition) is 1. The van der Waals surface area contributed by atoms with Gasteiger partial charge in [0.1, 0.15) is 0 Å². The van der Waals surface area contributed by atoms with Crippen molar-refractivity contribution >= 4 is 5.91 Å². The minimum Gasteiger partial charge on any atom is -0.355 e. The van der Waals surface area contributed by atoms with Gasteiger partial charge in [-0.2, -0.15) is 0 Å². The fourth-order valence-corrected chi connectivity index (χ4v) is 3.79. The van der Waals surface area contributed by atoms with Crippen molar-refractivity contribution in [2.45, 2.75) is 38.3 Å². The molecule has 6 nitrogen and oxygen atoms in total. The predicted molar refractivity (Wildman–Crippen MR) is 94.7 cm³/mol. The van der Waals surface area contributed by atoms with E-state index in [0.29, 0.717) is 12.5 Å². The van der Waals surface area contributed by atoms with Crippen LogP contribution in [0.5, 0.6) is 0 Å². The Kier molecular flexibility index (Phi) is 4.53. The fourth-order valence-electron chi connectivity index (χ4n) is 3.79. The van der Waals surface area contributed by atoms with Gasteiger partial charge in [-0.1, -0.05) is 12.5 Å². The molecule has 25 heavy (non-hydrogen) atoms. The van der Waals surface area contributed by atoms with Crippen LogP contribution in [0.4, 0.5) is 0 Å². The summed E-state index contributed by atoms with van der Waals surface area (Å²) in [6.45, 7) is 3.02. The molecule has 1 amide bonds. The molecule has 0 bridgehead atoms. The number of aromatic nitrogens is 3. The molecular weight excluding hydrogens is 314 g/mol. The molecule has 1 N–H and O–H groups in total. The van der Waals surface area contributed by atoms with Crippen LogP contribution in [0, 0.1) is 5.92 Å². The van der Waals surface area contributed by atoms with Crippen LogP contribution in [0.3, 0.4) is 0 Å². The highest BCUT2D eigenvalue weighted by molar-refractivity contribution is 5.84. The monoisotopic (exact) mass is 339 g/mol. The highest BCUT2D eigenvalue weighted by Crippen LogP contribution is 2.29. The van der Waals surface area contributed by atoms with E-state index in [9.17, 15) is 4.79 Å². The highest BCUT2D eigenvalue weighted by Gasteiger charge is 2.34. The van der Waals surface area contributed by atoms with Crippen LogP contribution in [0.15, 0.2) is 30.7 Å². The lowest BCUT2D eigenvalue weighted by Crippen LogP contribution is -2.43. The van der Waals surface area contributed by atoms with Crippen molar-refractivity contribution < 1.29 is 4.79 Å². The number of carbonyl (C=O) groups excluding carboxylic acids is 1. The maximum atomic E-state index is 12.9. The van der Waals surface area contributed by atoms with Gasteiger partial charge in [0.25, 0.3) is 0 Å². The van der Waals surface area contributed by atoms with E-state index in [0.717, 1.165) is 36.7 Å². The Morgan fingerprint density at radius 1 is 1.32 bits per heavy atom. The molecular formula is C19H25N5O. The summed E-state index contributed by atoms with van der Waals surface area (Å²) in [4.78, 5) is 24.1. The number of rotatable bonds is 5. The molecule has 0 saturated heterocycles. The second-order valence-electron chi connectivity index (χ2n) is 7.27. The predicted octanol–water partition coefficient (Wildman–Crippen LogP) is 1.83. The summed E-state index contributed by atoms with van der Waals surface area (Å²) in [5, 5.41) is 3.17. The van der Waals surface area contributed by atoms with Crippen LogP contribution in [0.25, 0.3) is 0 Å². The first-order valence-corrected chi connectivity index (χ1v) is 9.11. The summed E-state index contributed by atoms with van der Waals surface area (Å²) >= 11 is 0. The molecule has 0 aromatic carbocycles. The van der Waals surface area contributed by atoms with Crippen LogP contribution in [0.1, 0.15) is 42.3 Å². The van der Waals surface area contributed by atoms with Gasteiger partial charge >= 0.3 is 0 Å². The molecule has 2 aromatic heterocycles. The number of aryl methyl sites for hydroxylation is 1. The smallest absolute Gasteiger partial charge is 0.230 e. The summed E-state index contributed by atoms with van der Waals surface area (Å²) < 4.78 is 2.00.